The van der Waals surface area contributed by atoms with E-state index in [2.05, 4.69) is 9.97 Å². The van der Waals surface area contributed by atoms with Gasteiger partial charge in [0.05, 0.1) is 10.7 Å². The van der Waals surface area contributed by atoms with E-state index in [0.717, 1.165) is 16.8 Å². The molecule has 98 valence electrons. The second-order valence-corrected chi connectivity index (χ2v) is 5.04. The zero-order valence-electron chi connectivity index (χ0n) is 10.4. The van der Waals surface area contributed by atoms with E-state index in [1.807, 2.05) is 54.6 Å². The lowest BCUT2D eigenvalue weighted by Gasteiger charge is -2.06. The fourth-order valence-electron chi connectivity index (χ4n) is 1.94. The lowest BCUT2D eigenvalue weighted by Crippen LogP contribution is -1.93. The average molecular weight is 301 g/mol. The van der Waals surface area contributed by atoms with Gasteiger partial charge < -0.3 is 0 Å². The third-order valence-electron chi connectivity index (χ3n) is 2.88. The largest absolute Gasteiger partial charge is 0.228 e. The molecule has 0 bridgehead atoms. The van der Waals surface area contributed by atoms with Gasteiger partial charge in [-0.1, -0.05) is 65.7 Å². The van der Waals surface area contributed by atoms with E-state index in [4.69, 9.17) is 23.2 Å². The van der Waals surface area contributed by atoms with E-state index in [-0.39, 0.29) is 0 Å². The van der Waals surface area contributed by atoms with Crippen molar-refractivity contribution in [1.82, 2.24) is 9.97 Å². The molecule has 0 atom stereocenters. The van der Waals surface area contributed by atoms with Crippen molar-refractivity contribution >= 4 is 23.2 Å². The first-order chi connectivity index (χ1) is 9.74. The molecule has 0 fully saturated rings. The van der Waals surface area contributed by atoms with Gasteiger partial charge in [0.1, 0.15) is 5.15 Å². The van der Waals surface area contributed by atoms with Gasteiger partial charge in [-0.15, -0.1) is 0 Å². The SMILES string of the molecule is Clc1cc(-c2ccccc2)nc(-c2ccccc2Cl)n1. The van der Waals surface area contributed by atoms with E-state index >= 15 is 0 Å². The summed E-state index contributed by atoms with van der Waals surface area (Å²) in [5.41, 5.74) is 2.54. The molecule has 1 aromatic heterocycles. The van der Waals surface area contributed by atoms with Crippen LogP contribution in [0.5, 0.6) is 0 Å². The minimum absolute atomic E-state index is 0.397. The number of nitrogens with zero attached hydrogens (tertiary/aromatic N) is 2. The van der Waals surface area contributed by atoms with Crippen LogP contribution in [0.4, 0.5) is 0 Å². The van der Waals surface area contributed by atoms with Crippen LogP contribution >= 0.6 is 23.2 Å². The van der Waals surface area contributed by atoms with Crippen LogP contribution in [0.15, 0.2) is 60.7 Å². The number of benzene rings is 2. The summed E-state index contributed by atoms with van der Waals surface area (Å²) < 4.78 is 0. The minimum Gasteiger partial charge on any atom is -0.228 e. The molecule has 4 heteroatoms. The van der Waals surface area contributed by atoms with Crippen LogP contribution in [-0.2, 0) is 0 Å². The smallest absolute Gasteiger partial charge is 0.162 e. The predicted molar refractivity (Wildman–Crippen MR) is 82.9 cm³/mol. The van der Waals surface area contributed by atoms with Gasteiger partial charge in [0.2, 0.25) is 0 Å². The predicted octanol–water partition coefficient (Wildman–Crippen LogP) is 5.12. The van der Waals surface area contributed by atoms with Gasteiger partial charge in [-0.05, 0) is 12.1 Å². The molecule has 0 aliphatic heterocycles. The highest BCUT2D eigenvalue weighted by atomic mass is 35.5. The van der Waals surface area contributed by atoms with Crippen molar-refractivity contribution in [3.05, 3.63) is 70.8 Å². The van der Waals surface area contributed by atoms with Crippen LogP contribution in [0.2, 0.25) is 10.2 Å². The van der Waals surface area contributed by atoms with Crippen LogP contribution in [-0.4, -0.2) is 9.97 Å². The van der Waals surface area contributed by atoms with Gasteiger partial charge in [-0.25, -0.2) is 9.97 Å². The number of aromatic nitrogens is 2. The topological polar surface area (TPSA) is 25.8 Å². The van der Waals surface area contributed by atoms with Gasteiger partial charge in [-0.2, -0.15) is 0 Å². The van der Waals surface area contributed by atoms with Crippen molar-refractivity contribution in [3.8, 4) is 22.6 Å². The first-order valence-electron chi connectivity index (χ1n) is 6.09. The van der Waals surface area contributed by atoms with Gasteiger partial charge in [0.25, 0.3) is 0 Å². The summed E-state index contributed by atoms with van der Waals surface area (Å²) in [4.78, 5) is 8.82. The van der Waals surface area contributed by atoms with Gasteiger partial charge in [0, 0.05) is 17.2 Å². The third kappa shape index (κ3) is 2.67. The van der Waals surface area contributed by atoms with E-state index < -0.39 is 0 Å². The van der Waals surface area contributed by atoms with Crippen LogP contribution in [0.1, 0.15) is 0 Å². The van der Waals surface area contributed by atoms with Crippen LogP contribution in [0.3, 0.4) is 0 Å². The number of hydrogen-bond donors (Lipinski definition) is 0. The summed E-state index contributed by atoms with van der Waals surface area (Å²) in [7, 11) is 0. The minimum atomic E-state index is 0.397. The molecule has 2 nitrogen and oxygen atoms in total. The molecule has 20 heavy (non-hydrogen) atoms. The molecule has 0 saturated carbocycles. The highest BCUT2D eigenvalue weighted by molar-refractivity contribution is 6.33. The van der Waals surface area contributed by atoms with Crippen molar-refractivity contribution < 1.29 is 0 Å². The third-order valence-corrected chi connectivity index (χ3v) is 3.40. The Morgan fingerprint density at radius 2 is 1.45 bits per heavy atom. The maximum Gasteiger partial charge on any atom is 0.162 e. The summed E-state index contributed by atoms with van der Waals surface area (Å²) >= 11 is 12.3. The molecule has 0 spiro atoms. The van der Waals surface area contributed by atoms with Gasteiger partial charge in [0.15, 0.2) is 5.82 Å². The van der Waals surface area contributed by atoms with Crippen LogP contribution in [0.25, 0.3) is 22.6 Å². The number of halogens is 2. The quantitative estimate of drug-likeness (QED) is 0.614. The molecular weight excluding hydrogens is 291 g/mol. The normalized spacial score (nSPS) is 10.5. The fraction of sp³-hybridized carbons (Fsp3) is 0. The monoisotopic (exact) mass is 300 g/mol. The van der Waals surface area contributed by atoms with E-state index in [1.54, 1.807) is 6.07 Å². The van der Waals surface area contributed by atoms with E-state index in [9.17, 15) is 0 Å². The molecular formula is C16H10Cl2N2. The summed E-state index contributed by atoms with van der Waals surface area (Å²) in [6.07, 6.45) is 0. The Bertz CT molecular complexity index is 742. The highest BCUT2D eigenvalue weighted by Crippen LogP contribution is 2.28. The van der Waals surface area contributed by atoms with Crippen molar-refractivity contribution in [2.75, 3.05) is 0 Å². The molecule has 2 aromatic carbocycles. The number of hydrogen-bond acceptors (Lipinski definition) is 2. The van der Waals surface area contributed by atoms with E-state index in [1.165, 1.54) is 0 Å². The molecule has 0 N–H and O–H groups in total. The summed E-state index contributed by atoms with van der Waals surface area (Å²) in [6, 6.07) is 19.0. The first-order valence-corrected chi connectivity index (χ1v) is 6.84. The zero-order valence-corrected chi connectivity index (χ0v) is 11.9. The average Bonchev–Trinajstić information content (AvgIpc) is 2.48. The summed E-state index contributed by atoms with van der Waals surface area (Å²) in [6.45, 7) is 0. The maximum absolute atomic E-state index is 6.19. The lowest BCUT2D eigenvalue weighted by atomic mass is 10.1. The van der Waals surface area contributed by atoms with Crippen molar-refractivity contribution in [3.63, 3.8) is 0 Å². The van der Waals surface area contributed by atoms with Gasteiger partial charge >= 0.3 is 0 Å². The second-order valence-electron chi connectivity index (χ2n) is 4.25. The molecule has 0 radical (unpaired) electrons. The van der Waals surface area contributed by atoms with Crippen LogP contribution < -0.4 is 0 Å². The Morgan fingerprint density at radius 1 is 0.750 bits per heavy atom. The molecule has 0 saturated heterocycles. The molecule has 0 aliphatic carbocycles. The van der Waals surface area contributed by atoms with Crippen LogP contribution in [0, 0.1) is 0 Å². The van der Waals surface area contributed by atoms with E-state index in [0.29, 0.717) is 16.0 Å². The lowest BCUT2D eigenvalue weighted by molar-refractivity contribution is 1.18. The number of rotatable bonds is 2. The Balaban J connectivity index is 2.15. The zero-order chi connectivity index (χ0) is 13.9. The molecule has 0 unspecified atom stereocenters. The molecule has 1 heterocycles. The molecule has 0 amide bonds. The fourth-order valence-corrected chi connectivity index (χ4v) is 2.34. The summed E-state index contributed by atoms with van der Waals surface area (Å²) in [5, 5.41) is 1.00. The first kappa shape index (κ1) is 13.1. The molecule has 0 aliphatic rings. The Labute approximate surface area is 127 Å². The Morgan fingerprint density at radius 3 is 2.20 bits per heavy atom. The second kappa shape index (κ2) is 5.61. The summed E-state index contributed by atoms with van der Waals surface area (Å²) in [5.74, 6) is 0.530. The van der Waals surface area contributed by atoms with Crippen molar-refractivity contribution in [2.45, 2.75) is 0 Å². The Kier molecular flexibility index (Phi) is 3.68. The van der Waals surface area contributed by atoms with Crippen molar-refractivity contribution in [2.24, 2.45) is 0 Å². The standard InChI is InChI=1S/C16H10Cl2N2/c17-13-9-5-4-8-12(13)16-19-14(10-15(18)20-16)11-6-2-1-3-7-11/h1-10H. The van der Waals surface area contributed by atoms with Gasteiger partial charge in [-0.3, -0.25) is 0 Å². The Hall–Kier alpha value is -1.90. The molecule has 3 rings (SSSR count). The van der Waals surface area contributed by atoms with Crippen molar-refractivity contribution in [1.29, 1.82) is 0 Å². The maximum atomic E-state index is 6.19. The molecule has 3 aromatic rings. The highest BCUT2D eigenvalue weighted by Gasteiger charge is 2.10.